The molecular weight excluding hydrogens is 364 g/mol. The number of carbonyl (C=O) groups is 1. The lowest BCUT2D eigenvalue weighted by atomic mass is 9.96. The van der Waals surface area contributed by atoms with Crippen molar-refractivity contribution >= 4 is 5.97 Å². The molecule has 4 atom stereocenters. The van der Waals surface area contributed by atoms with Crippen LogP contribution >= 0.6 is 0 Å². The Hall–Kier alpha value is -3.39. The summed E-state index contributed by atoms with van der Waals surface area (Å²) in [6.07, 6.45) is -3.63. The molecule has 4 heteroatoms. The molecule has 144 valence electrons. The van der Waals surface area contributed by atoms with Crippen LogP contribution in [0.3, 0.4) is 0 Å². The van der Waals surface area contributed by atoms with Crippen LogP contribution in [0.2, 0.25) is 0 Å². The van der Waals surface area contributed by atoms with E-state index in [2.05, 4.69) is 11.8 Å². The van der Waals surface area contributed by atoms with Crippen LogP contribution in [0.1, 0.15) is 28.9 Å². The fourth-order valence-electron chi connectivity index (χ4n) is 3.28. The summed E-state index contributed by atoms with van der Waals surface area (Å²) in [7, 11) is 0. The van der Waals surface area contributed by atoms with Crippen LogP contribution in [0.4, 0.5) is 0 Å². The van der Waals surface area contributed by atoms with Gasteiger partial charge in [-0.1, -0.05) is 90.7 Å². The summed E-state index contributed by atoms with van der Waals surface area (Å²) in [5.41, 5.74) is 2.44. The van der Waals surface area contributed by atoms with Crippen molar-refractivity contribution in [3.05, 3.63) is 108 Å². The lowest BCUT2D eigenvalue weighted by molar-refractivity contribution is -0.212. The Morgan fingerprint density at radius 3 is 1.86 bits per heavy atom. The van der Waals surface area contributed by atoms with Crippen molar-refractivity contribution in [1.29, 1.82) is 0 Å². The van der Waals surface area contributed by atoms with Crippen LogP contribution in [-0.2, 0) is 14.3 Å². The van der Waals surface area contributed by atoms with Gasteiger partial charge in [-0.05, 0) is 23.3 Å². The first-order valence-corrected chi connectivity index (χ1v) is 9.43. The second-order valence-electron chi connectivity index (χ2n) is 6.74. The fourth-order valence-corrected chi connectivity index (χ4v) is 3.28. The number of rotatable bonds is 3. The summed E-state index contributed by atoms with van der Waals surface area (Å²) in [6, 6.07) is 28.3. The predicted octanol–water partition coefficient (Wildman–Crippen LogP) is 3.82. The highest BCUT2D eigenvalue weighted by Gasteiger charge is 2.43. The SMILES string of the molecule is O=C1O[C@@H](c2ccccc2)[C@H](c2ccccc2)O[C@@H]1[C@H](O)C#Cc1ccccc1. The minimum Gasteiger partial charge on any atom is -0.452 e. The predicted molar refractivity (Wildman–Crippen MR) is 109 cm³/mol. The number of cyclic esters (lactones) is 1. The molecule has 4 rings (SSSR count). The van der Waals surface area contributed by atoms with Gasteiger partial charge in [0.1, 0.15) is 6.10 Å². The van der Waals surface area contributed by atoms with E-state index < -0.39 is 30.4 Å². The first-order chi connectivity index (χ1) is 14.2. The van der Waals surface area contributed by atoms with Crippen molar-refractivity contribution in [3.63, 3.8) is 0 Å². The average molecular weight is 384 g/mol. The quantitative estimate of drug-likeness (QED) is 0.551. The molecule has 0 aromatic heterocycles. The summed E-state index contributed by atoms with van der Waals surface area (Å²) in [5, 5.41) is 10.5. The van der Waals surface area contributed by atoms with E-state index in [1.54, 1.807) is 0 Å². The van der Waals surface area contributed by atoms with Crippen molar-refractivity contribution in [1.82, 2.24) is 0 Å². The van der Waals surface area contributed by atoms with Gasteiger partial charge in [0, 0.05) is 5.56 Å². The van der Waals surface area contributed by atoms with E-state index >= 15 is 0 Å². The van der Waals surface area contributed by atoms with Gasteiger partial charge in [-0.3, -0.25) is 0 Å². The third kappa shape index (κ3) is 4.38. The van der Waals surface area contributed by atoms with Gasteiger partial charge >= 0.3 is 5.97 Å². The average Bonchev–Trinajstić information content (AvgIpc) is 2.79. The molecule has 1 aliphatic rings. The van der Waals surface area contributed by atoms with Crippen molar-refractivity contribution in [2.45, 2.75) is 24.4 Å². The first-order valence-electron chi connectivity index (χ1n) is 9.43. The van der Waals surface area contributed by atoms with Gasteiger partial charge < -0.3 is 14.6 Å². The maximum atomic E-state index is 12.6. The third-order valence-electron chi connectivity index (χ3n) is 4.72. The Labute approximate surface area is 169 Å². The molecule has 1 N–H and O–H groups in total. The topological polar surface area (TPSA) is 55.8 Å². The number of hydrogen-bond donors (Lipinski definition) is 1. The van der Waals surface area contributed by atoms with Gasteiger partial charge in [0.25, 0.3) is 0 Å². The van der Waals surface area contributed by atoms with E-state index in [0.717, 1.165) is 16.7 Å². The van der Waals surface area contributed by atoms with Gasteiger partial charge in [-0.2, -0.15) is 0 Å². The molecule has 1 fully saturated rings. The Kier molecular flexibility index (Phi) is 5.71. The number of ether oxygens (including phenoxy) is 2. The van der Waals surface area contributed by atoms with E-state index in [-0.39, 0.29) is 0 Å². The van der Waals surface area contributed by atoms with E-state index in [4.69, 9.17) is 9.47 Å². The van der Waals surface area contributed by atoms with E-state index in [9.17, 15) is 9.90 Å². The molecule has 0 saturated carbocycles. The van der Waals surface area contributed by atoms with E-state index in [1.807, 2.05) is 91.0 Å². The molecular formula is C25H20O4. The summed E-state index contributed by atoms with van der Waals surface area (Å²) >= 11 is 0. The van der Waals surface area contributed by atoms with Crippen LogP contribution in [0.5, 0.6) is 0 Å². The Balaban J connectivity index is 1.62. The molecule has 3 aromatic rings. The van der Waals surface area contributed by atoms with Crippen LogP contribution in [0, 0.1) is 11.8 Å². The monoisotopic (exact) mass is 384 g/mol. The lowest BCUT2D eigenvalue weighted by Gasteiger charge is -2.36. The number of aliphatic hydroxyl groups excluding tert-OH is 1. The standard InChI is InChI=1S/C25H20O4/c26-21(17-16-18-10-4-1-5-11-18)24-25(27)29-23(20-14-8-3-9-15-20)22(28-24)19-12-6-2-7-13-19/h1-15,21-24,26H/t21-,22+,23+,24-/m1/s1. The van der Waals surface area contributed by atoms with Crippen LogP contribution in [0.15, 0.2) is 91.0 Å². The Morgan fingerprint density at radius 2 is 1.28 bits per heavy atom. The summed E-state index contributed by atoms with van der Waals surface area (Å²) in [6.45, 7) is 0. The molecule has 3 aromatic carbocycles. The van der Waals surface area contributed by atoms with Gasteiger partial charge in [0.2, 0.25) is 0 Å². The van der Waals surface area contributed by atoms with Crippen LogP contribution in [0.25, 0.3) is 0 Å². The lowest BCUT2D eigenvalue weighted by Crippen LogP contribution is -2.44. The van der Waals surface area contributed by atoms with Gasteiger partial charge in [0.05, 0.1) is 0 Å². The maximum absolute atomic E-state index is 12.6. The highest BCUT2D eigenvalue weighted by Crippen LogP contribution is 2.40. The highest BCUT2D eigenvalue weighted by atomic mass is 16.6. The van der Waals surface area contributed by atoms with Crippen LogP contribution in [-0.4, -0.2) is 23.3 Å². The second-order valence-corrected chi connectivity index (χ2v) is 6.74. The maximum Gasteiger partial charge on any atom is 0.339 e. The molecule has 1 aliphatic heterocycles. The largest absolute Gasteiger partial charge is 0.452 e. The van der Waals surface area contributed by atoms with Gasteiger partial charge in [-0.25, -0.2) is 4.79 Å². The van der Waals surface area contributed by atoms with Crippen LogP contribution < -0.4 is 0 Å². The summed E-state index contributed by atoms with van der Waals surface area (Å²) in [5.74, 6) is 4.95. The Bertz CT molecular complexity index is 1010. The molecule has 0 spiro atoms. The number of aliphatic hydroxyl groups is 1. The summed E-state index contributed by atoms with van der Waals surface area (Å²) < 4.78 is 11.8. The number of esters is 1. The Morgan fingerprint density at radius 1 is 0.759 bits per heavy atom. The smallest absolute Gasteiger partial charge is 0.339 e. The fraction of sp³-hybridized carbons (Fsp3) is 0.160. The first kappa shape index (κ1) is 18.9. The third-order valence-corrected chi connectivity index (χ3v) is 4.72. The number of carbonyl (C=O) groups excluding carboxylic acids is 1. The minimum absolute atomic E-state index is 0.547. The molecule has 1 saturated heterocycles. The number of hydrogen-bond acceptors (Lipinski definition) is 4. The summed E-state index contributed by atoms with van der Waals surface area (Å²) in [4.78, 5) is 12.6. The molecule has 0 amide bonds. The zero-order valence-electron chi connectivity index (χ0n) is 15.6. The van der Waals surface area contributed by atoms with Gasteiger partial charge in [-0.15, -0.1) is 0 Å². The normalized spacial score (nSPS) is 22.1. The van der Waals surface area contributed by atoms with Crippen molar-refractivity contribution in [2.24, 2.45) is 0 Å². The second kappa shape index (κ2) is 8.74. The molecule has 0 bridgehead atoms. The number of benzene rings is 3. The van der Waals surface area contributed by atoms with Crippen molar-refractivity contribution < 1.29 is 19.4 Å². The van der Waals surface area contributed by atoms with E-state index in [1.165, 1.54) is 0 Å². The zero-order valence-corrected chi connectivity index (χ0v) is 15.6. The molecule has 4 nitrogen and oxygen atoms in total. The zero-order chi connectivity index (χ0) is 20.1. The molecule has 0 radical (unpaired) electrons. The molecule has 0 unspecified atom stereocenters. The van der Waals surface area contributed by atoms with Crippen molar-refractivity contribution in [2.75, 3.05) is 0 Å². The highest BCUT2D eigenvalue weighted by molar-refractivity contribution is 5.77. The van der Waals surface area contributed by atoms with E-state index in [0.29, 0.717) is 0 Å². The molecule has 0 aliphatic carbocycles. The van der Waals surface area contributed by atoms with Crippen molar-refractivity contribution in [3.8, 4) is 11.8 Å². The van der Waals surface area contributed by atoms with Gasteiger partial charge in [0.15, 0.2) is 18.3 Å². The molecule has 1 heterocycles. The molecule has 29 heavy (non-hydrogen) atoms. The minimum atomic E-state index is -1.30.